The van der Waals surface area contributed by atoms with Gasteiger partial charge in [-0.15, -0.1) is 0 Å². The second-order valence-corrected chi connectivity index (χ2v) is 4.49. The molecule has 1 aromatic rings. The summed E-state index contributed by atoms with van der Waals surface area (Å²) < 4.78 is 2.16. The Hall–Kier alpha value is -0.830. The Balaban J connectivity index is 2.04. The molecule has 0 bridgehead atoms. The number of aromatic nitrogens is 2. The van der Waals surface area contributed by atoms with E-state index in [9.17, 15) is 0 Å². The van der Waals surface area contributed by atoms with Gasteiger partial charge in [0, 0.05) is 31.4 Å². The molecule has 0 aromatic carbocycles. The van der Waals surface area contributed by atoms with Crippen molar-refractivity contribution in [3.63, 3.8) is 0 Å². The number of hydrogen-bond donors (Lipinski definition) is 1. The molecule has 0 amide bonds. The van der Waals surface area contributed by atoms with E-state index in [-0.39, 0.29) is 0 Å². The van der Waals surface area contributed by atoms with Crippen LogP contribution in [-0.4, -0.2) is 22.1 Å². The van der Waals surface area contributed by atoms with Crippen LogP contribution in [0.3, 0.4) is 0 Å². The topological polar surface area (TPSA) is 29.9 Å². The number of imidazole rings is 1. The van der Waals surface area contributed by atoms with E-state index in [1.54, 1.807) is 0 Å². The summed E-state index contributed by atoms with van der Waals surface area (Å²) in [7, 11) is 2.09. The van der Waals surface area contributed by atoms with Gasteiger partial charge in [-0.1, -0.05) is 13.3 Å². The molecule has 1 fully saturated rings. The standard InChI is InChI=1S/C12H21N3/c1-3-7-13-11-6-4-5-10(11)12-14-8-9-15(12)2/h8-11,13H,3-7H2,1-2H3. The van der Waals surface area contributed by atoms with Gasteiger partial charge in [-0.05, 0) is 25.8 Å². The van der Waals surface area contributed by atoms with Gasteiger partial charge in [0.1, 0.15) is 5.82 Å². The molecule has 0 aliphatic heterocycles. The molecule has 1 aliphatic rings. The van der Waals surface area contributed by atoms with Crippen molar-refractivity contribution < 1.29 is 0 Å². The van der Waals surface area contributed by atoms with Crippen LogP contribution in [0, 0.1) is 0 Å². The molecule has 0 saturated heterocycles. The van der Waals surface area contributed by atoms with Crippen molar-refractivity contribution in [1.29, 1.82) is 0 Å². The Kier molecular flexibility index (Phi) is 3.41. The number of hydrogen-bond acceptors (Lipinski definition) is 2. The normalized spacial score (nSPS) is 26.0. The van der Waals surface area contributed by atoms with Crippen molar-refractivity contribution >= 4 is 0 Å². The lowest BCUT2D eigenvalue weighted by Gasteiger charge is -2.20. The molecule has 1 aliphatic carbocycles. The Morgan fingerprint density at radius 2 is 2.40 bits per heavy atom. The maximum absolute atomic E-state index is 4.48. The lowest BCUT2D eigenvalue weighted by Crippen LogP contribution is -2.32. The Morgan fingerprint density at radius 3 is 3.07 bits per heavy atom. The highest BCUT2D eigenvalue weighted by Crippen LogP contribution is 2.33. The Labute approximate surface area is 91.9 Å². The minimum absolute atomic E-state index is 0.622. The van der Waals surface area contributed by atoms with Crippen LogP contribution in [-0.2, 0) is 7.05 Å². The zero-order valence-corrected chi connectivity index (χ0v) is 9.74. The van der Waals surface area contributed by atoms with E-state index in [2.05, 4.69) is 28.8 Å². The Bertz CT molecular complexity index is 306. The lowest BCUT2D eigenvalue weighted by molar-refractivity contribution is 0.458. The van der Waals surface area contributed by atoms with E-state index < -0.39 is 0 Å². The highest BCUT2D eigenvalue weighted by molar-refractivity contribution is 5.07. The summed E-state index contributed by atoms with van der Waals surface area (Å²) in [6.45, 7) is 3.35. The second kappa shape index (κ2) is 4.79. The smallest absolute Gasteiger partial charge is 0.113 e. The van der Waals surface area contributed by atoms with Crippen molar-refractivity contribution in [2.24, 2.45) is 7.05 Å². The van der Waals surface area contributed by atoms with Crippen LogP contribution in [0.15, 0.2) is 12.4 Å². The minimum Gasteiger partial charge on any atom is -0.338 e. The molecular formula is C12H21N3. The maximum Gasteiger partial charge on any atom is 0.113 e. The summed E-state index contributed by atoms with van der Waals surface area (Å²) in [5.41, 5.74) is 0. The van der Waals surface area contributed by atoms with Gasteiger partial charge >= 0.3 is 0 Å². The third-order valence-corrected chi connectivity index (χ3v) is 3.36. The molecule has 1 aromatic heterocycles. The van der Waals surface area contributed by atoms with Crippen LogP contribution in [0.1, 0.15) is 44.3 Å². The van der Waals surface area contributed by atoms with E-state index in [4.69, 9.17) is 0 Å². The zero-order valence-electron chi connectivity index (χ0n) is 9.74. The summed E-state index contributed by atoms with van der Waals surface area (Å²) >= 11 is 0. The summed E-state index contributed by atoms with van der Waals surface area (Å²) in [5.74, 6) is 1.87. The lowest BCUT2D eigenvalue weighted by atomic mass is 10.0. The molecule has 3 heteroatoms. The largest absolute Gasteiger partial charge is 0.338 e. The fourth-order valence-corrected chi connectivity index (χ4v) is 2.58. The van der Waals surface area contributed by atoms with Gasteiger partial charge in [-0.25, -0.2) is 4.98 Å². The van der Waals surface area contributed by atoms with Crippen LogP contribution in [0.25, 0.3) is 0 Å². The SMILES string of the molecule is CCCNC1CCCC1c1nccn1C. The molecule has 1 N–H and O–H groups in total. The van der Waals surface area contributed by atoms with Gasteiger partial charge in [0.15, 0.2) is 0 Å². The number of nitrogens with one attached hydrogen (secondary N) is 1. The maximum atomic E-state index is 4.48. The number of aryl methyl sites for hydroxylation is 1. The third-order valence-electron chi connectivity index (χ3n) is 3.36. The van der Waals surface area contributed by atoms with E-state index in [0.29, 0.717) is 12.0 Å². The average molecular weight is 207 g/mol. The molecule has 0 spiro atoms. The van der Waals surface area contributed by atoms with Gasteiger partial charge < -0.3 is 9.88 Å². The van der Waals surface area contributed by atoms with E-state index in [1.807, 2.05) is 12.4 Å². The van der Waals surface area contributed by atoms with Gasteiger partial charge in [0.25, 0.3) is 0 Å². The third kappa shape index (κ3) is 2.23. The van der Waals surface area contributed by atoms with Crippen LogP contribution in [0.4, 0.5) is 0 Å². The fraction of sp³-hybridized carbons (Fsp3) is 0.750. The number of rotatable bonds is 4. The first kappa shape index (κ1) is 10.7. The predicted molar refractivity (Wildman–Crippen MR) is 61.9 cm³/mol. The molecule has 84 valence electrons. The molecule has 2 unspecified atom stereocenters. The van der Waals surface area contributed by atoms with Crippen LogP contribution >= 0.6 is 0 Å². The van der Waals surface area contributed by atoms with Gasteiger partial charge in [-0.3, -0.25) is 0 Å². The van der Waals surface area contributed by atoms with E-state index in [0.717, 1.165) is 6.54 Å². The predicted octanol–water partition coefficient (Wildman–Crippen LogP) is 2.06. The van der Waals surface area contributed by atoms with Crippen LogP contribution in [0.5, 0.6) is 0 Å². The first-order valence-electron chi connectivity index (χ1n) is 6.03. The minimum atomic E-state index is 0.622. The summed E-state index contributed by atoms with van der Waals surface area (Å²) in [5, 5.41) is 3.64. The van der Waals surface area contributed by atoms with Crippen molar-refractivity contribution in [2.75, 3.05) is 6.54 Å². The second-order valence-electron chi connectivity index (χ2n) is 4.49. The highest BCUT2D eigenvalue weighted by atomic mass is 15.1. The van der Waals surface area contributed by atoms with Crippen molar-refractivity contribution in [1.82, 2.24) is 14.9 Å². The molecule has 1 saturated carbocycles. The molecule has 0 radical (unpaired) electrons. The number of nitrogens with zero attached hydrogens (tertiary/aromatic N) is 2. The van der Waals surface area contributed by atoms with Crippen LogP contribution < -0.4 is 5.32 Å². The molecule has 2 rings (SSSR count). The van der Waals surface area contributed by atoms with Crippen LogP contribution in [0.2, 0.25) is 0 Å². The molecular weight excluding hydrogens is 186 g/mol. The molecule has 2 atom stereocenters. The monoisotopic (exact) mass is 207 g/mol. The average Bonchev–Trinajstić information content (AvgIpc) is 2.82. The van der Waals surface area contributed by atoms with Gasteiger partial charge in [-0.2, -0.15) is 0 Å². The quantitative estimate of drug-likeness (QED) is 0.819. The fourth-order valence-electron chi connectivity index (χ4n) is 2.58. The van der Waals surface area contributed by atoms with E-state index in [1.165, 1.54) is 31.5 Å². The zero-order chi connectivity index (χ0) is 10.7. The van der Waals surface area contributed by atoms with Gasteiger partial charge in [0.05, 0.1) is 0 Å². The van der Waals surface area contributed by atoms with E-state index >= 15 is 0 Å². The van der Waals surface area contributed by atoms with Crippen molar-refractivity contribution in [3.8, 4) is 0 Å². The van der Waals surface area contributed by atoms with Gasteiger partial charge in [0.2, 0.25) is 0 Å². The highest BCUT2D eigenvalue weighted by Gasteiger charge is 2.30. The van der Waals surface area contributed by atoms with Crippen molar-refractivity contribution in [2.45, 2.75) is 44.6 Å². The molecule has 3 nitrogen and oxygen atoms in total. The summed E-state index contributed by atoms with van der Waals surface area (Å²) in [6, 6.07) is 0.644. The molecule has 15 heavy (non-hydrogen) atoms. The summed E-state index contributed by atoms with van der Waals surface area (Å²) in [4.78, 5) is 4.48. The van der Waals surface area contributed by atoms with Crippen molar-refractivity contribution in [3.05, 3.63) is 18.2 Å². The molecule has 1 heterocycles. The first-order chi connectivity index (χ1) is 7.33. The summed E-state index contributed by atoms with van der Waals surface area (Å²) in [6.07, 6.45) is 9.08. The first-order valence-corrected chi connectivity index (χ1v) is 6.03. The Morgan fingerprint density at radius 1 is 1.53 bits per heavy atom.